The second-order valence-corrected chi connectivity index (χ2v) is 1.74. The van der Waals surface area contributed by atoms with E-state index in [1.54, 1.807) is 18.2 Å². The van der Waals surface area contributed by atoms with Crippen LogP contribution in [0.2, 0.25) is 0 Å². The van der Waals surface area contributed by atoms with E-state index in [2.05, 4.69) is 6.58 Å². The normalized spacial score (nSPS) is 14.0. The summed E-state index contributed by atoms with van der Waals surface area (Å²) in [5.74, 6) is 0. The standard InChI is InChI=1S/C7H12O2/c1-2-3-4-5-7(9)6-8/h2-4,7-9H,1,5-6H2/b4-3+. The summed E-state index contributed by atoms with van der Waals surface area (Å²) in [6.07, 6.45) is 4.99. The molecule has 0 saturated carbocycles. The van der Waals surface area contributed by atoms with Gasteiger partial charge in [0, 0.05) is 0 Å². The van der Waals surface area contributed by atoms with Crippen molar-refractivity contribution in [2.75, 3.05) is 6.61 Å². The molecule has 0 bridgehead atoms. The quantitative estimate of drug-likeness (QED) is 0.540. The first kappa shape index (κ1) is 8.40. The van der Waals surface area contributed by atoms with Crippen molar-refractivity contribution < 1.29 is 10.2 Å². The van der Waals surface area contributed by atoms with Crippen molar-refractivity contribution in [2.24, 2.45) is 0 Å². The SMILES string of the molecule is C=C/C=C/CC(O)CO. The second-order valence-electron chi connectivity index (χ2n) is 1.74. The summed E-state index contributed by atoms with van der Waals surface area (Å²) < 4.78 is 0. The van der Waals surface area contributed by atoms with Crippen LogP contribution in [0.25, 0.3) is 0 Å². The molecule has 0 aromatic carbocycles. The summed E-state index contributed by atoms with van der Waals surface area (Å²) in [6.45, 7) is 3.27. The van der Waals surface area contributed by atoms with Crippen LogP contribution in [-0.4, -0.2) is 22.9 Å². The minimum atomic E-state index is -0.624. The van der Waals surface area contributed by atoms with Crippen LogP contribution in [0.15, 0.2) is 24.8 Å². The first-order valence-electron chi connectivity index (χ1n) is 2.87. The molecule has 2 nitrogen and oxygen atoms in total. The molecule has 0 aliphatic rings. The Hall–Kier alpha value is -0.600. The number of aliphatic hydroxyl groups excluding tert-OH is 2. The number of hydrogen-bond donors (Lipinski definition) is 2. The molecule has 0 aromatic heterocycles. The maximum absolute atomic E-state index is 8.75. The average Bonchev–Trinajstić information content (AvgIpc) is 1.89. The smallest absolute Gasteiger partial charge is 0.0805 e. The van der Waals surface area contributed by atoms with Crippen molar-refractivity contribution in [1.82, 2.24) is 0 Å². The molecule has 0 spiro atoms. The fourth-order valence-electron chi connectivity index (χ4n) is 0.406. The van der Waals surface area contributed by atoms with Crippen LogP contribution in [0.3, 0.4) is 0 Å². The van der Waals surface area contributed by atoms with Gasteiger partial charge in [-0.25, -0.2) is 0 Å². The van der Waals surface area contributed by atoms with Crippen LogP contribution in [0.5, 0.6) is 0 Å². The van der Waals surface area contributed by atoms with Crippen LogP contribution in [0.1, 0.15) is 6.42 Å². The minimum Gasteiger partial charge on any atom is -0.394 e. The van der Waals surface area contributed by atoms with Gasteiger partial charge in [0.15, 0.2) is 0 Å². The highest BCUT2D eigenvalue weighted by Crippen LogP contribution is 1.90. The highest BCUT2D eigenvalue weighted by atomic mass is 16.3. The van der Waals surface area contributed by atoms with Gasteiger partial charge in [0.2, 0.25) is 0 Å². The summed E-state index contributed by atoms with van der Waals surface area (Å²) in [5, 5.41) is 17.1. The molecule has 1 atom stereocenters. The summed E-state index contributed by atoms with van der Waals surface area (Å²) in [5.41, 5.74) is 0. The Morgan fingerprint density at radius 1 is 1.56 bits per heavy atom. The van der Waals surface area contributed by atoms with Gasteiger partial charge < -0.3 is 10.2 Å². The van der Waals surface area contributed by atoms with Gasteiger partial charge in [-0.3, -0.25) is 0 Å². The van der Waals surface area contributed by atoms with Crippen molar-refractivity contribution in [3.63, 3.8) is 0 Å². The van der Waals surface area contributed by atoms with Gasteiger partial charge >= 0.3 is 0 Å². The van der Waals surface area contributed by atoms with E-state index in [1.807, 2.05) is 0 Å². The van der Waals surface area contributed by atoms with E-state index >= 15 is 0 Å². The van der Waals surface area contributed by atoms with Gasteiger partial charge in [-0.1, -0.05) is 24.8 Å². The Morgan fingerprint density at radius 2 is 2.22 bits per heavy atom. The van der Waals surface area contributed by atoms with Crippen molar-refractivity contribution in [3.8, 4) is 0 Å². The summed E-state index contributed by atoms with van der Waals surface area (Å²) in [6, 6.07) is 0. The zero-order valence-electron chi connectivity index (χ0n) is 5.33. The first-order valence-corrected chi connectivity index (χ1v) is 2.87. The maximum atomic E-state index is 8.75. The number of hydrogen-bond acceptors (Lipinski definition) is 2. The molecule has 0 fully saturated rings. The zero-order valence-corrected chi connectivity index (χ0v) is 5.33. The molecular formula is C7H12O2. The summed E-state index contributed by atoms with van der Waals surface area (Å²) >= 11 is 0. The molecule has 0 saturated heterocycles. The third-order valence-corrected chi connectivity index (χ3v) is 0.891. The molecule has 52 valence electrons. The lowest BCUT2D eigenvalue weighted by molar-refractivity contribution is 0.0976. The van der Waals surface area contributed by atoms with Gasteiger partial charge in [-0.15, -0.1) is 0 Å². The molecular weight excluding hydrogens is 116 g/mol. The lowest BCUT2D eigenvalue weighted by Crippen LogP contribution is -2.09. The third-order valence-electron chi connectivity index (χ3n) is 0.891. The van der Waals surface area contributed by atoms with Gasteiger partial charge in [0.05, 0.1) is 12.7 Å². The van der Waals surface area contributed by atoms with Crippen LogP contribution < -0.4 is 0 Å². The Kier molecular flexibility index (Phi) is 5.17. The topological polar surface area (TPSA) is 40.5 Å². The van der Waals surface area contributed by atoms with E-state index < -0.39 is 6.10 Å². The molecule has 0 aromatic rings. The lowest BCUT2D eigenvalue weighted by Gasteiger charge is -1.99. The number of allylic oxidation sites excluding steroid dienone is 2. The predicted octanol–water partition coefficient (Wildman–Crippen LogP) is 0.472. The molecule has 0 rings (SSSR count). The molecule has 1 unspecified atom stereocenters. The minimum absolute atomic E-state index is 0.179. The van der Waals surface area contributed by atoms with Crippen LogP contribution in [0, 0.1) is 0 Å². The lowest BCUT2D eigenvalue weighted by atomic mass is 10.2. The maximum Gasteiger partial charge on any atom is 0.0805 e. The third kappa shape index (κ3) is 5.27. The Bertz CT molecular complexity index is 97.1. The zero-order chi connectivity index (χ0) is 7.11. The average molecular weight is 128 g/mol. The van der Waals surface area contributed by atoms with Crippen molar-refractivity contribution in [1.29, 1.82) is 0 Å². The van der Waals surface area contributed by atoms with Crippen LogP contribution in [-0.2, 0) is 0 Å². The van der Waals surface area contributed by atoms with Crippen molar-refractivity contribution in [3.05, 3.63) is 24.8 Å². The molecule has 9 heavy (non-hydrogen) atoms. The Morgan fingerprint density at radius 3 is 2.67 bits per heavy atom. The summed E-state index contributed by atoms with van der Waals surface area (Å²) in [7, 11) is 0. The van der Waals surface area contributed by atoms with Crippen LogP contribution in [0.4, 0.5) is 0 Å². The van der Waals surface area contributed by atoms with Crippen molar-refractivity contribution in [2.45, 2.75) is 12.5 Å². The van der Waals surface area contributed by atoms with E-state index in [4.69, 9.17) is 10.2 Å². The molecule has 2 N–H and O–H groups in total. The predicted molar refractivity (Wildman–Crippen MR) is 37.0 cm³/mol. The fraction of sp³-hybridized carbons (Fsp3) is 0.429. The van der Waals surface area contributed by atoms with E-state index in [0.29, 0.717) is 6.42 Å². The molecule has 0 radical (unpaired) electrons. The monoisotopic (exact) mass is 128 g/mol. The Labute approximate surface area is 55.1 Å². The molecule has 0 heterocycles. The van der Waals surface area contributed by atoms with E-state index in [-0.39, 0.29) is 6.61 Å². The molecule has 2 heteroatoms. The number of aliphatic hydroxyl groups is 2. The van der Waals surface area contributed by atoms with E-state index in [1.165, 1.54) is 0 Å². The number of rotatable bonds is 4. The summed E-state index contributed by atoms with van der Waals surface area (Å²) in [4.78, 5) is 0. The van der Waals surface area contributed by atoms with E-state index in [9.17, 15) is 0 Å². The Balaban J connectivity index is 3.25. The highest BCUT2D eigenvalue weighted by Gasteiger charge is 1.94. The van der Waals surface area contributed by atoms with E-state index in [0.717, 1.165) is 0 Å². The van der Waals surface area contributed by atoms with Crippen molar-refractivity contribution >= 4 is 0 Å². The molecule has 0 aliphatic heterocycles. The molecule has 0 amide bonds. The largest absolute Gasteiger partial charge is 0.394 e. The van der Waals surface area contributed by atoms with Crippen LogP contribution >= 0.6 is 0 Å². The van der Waals surface area contributed by atoms with Gasteiger partial charge in [0.25, 0.3) is 0 Å². The van der Waals surface area contributed by atoms with Gasteiger partial charge in [0.1, 0.15) is 0 Å². The first-order chi connectivity index (χ1) is 4.31. The highest BCUT2D eigenvalue weighted by molar-refractivity contribution is 4.97. The van der Waals surface area contributed by atoms with Gasteiger partial charge in [-0.05, 0) is 6.42 Å². The van der Waals surface area contributed by atoms with Gasteiger partial charge in [-0.2, -0.15) is 0 Å². The fourth-order valence-corrected chi connectivity index (χ4v) is 0.406. The second kappa shape index (κ2) is 5.54. The molecule has 0 aliphatic carbocycles.